The Labute approximate surface area is 148 Å². The van der Waals surface area contributed by atoms with Gasteiger partial charge in [0.2, 0.25) is 0 Å². The molecule has 0 spiro atoms. The zero-order valence-corrected chi connectivity index (χ0v) is 15.1. The maximum Gasteiger partial charge on any atom is 0.339 e. The standard InChI is InChI=1S/C20H27NO4/c1-3-21(4-2)12-14(22)13-24-17-10-7-11-18-19(17)15-8-5-6-9-16(15)20(23)25-18/h7,10-11,14,22H,3-6,8-9,12-13H2,1-2H3. The first kappa shape index (κ1) is 18.0. The van der Waals surface area contributed by atoms with Crippen LogP contribution in [0.5, 0.6) is 5.75 Å². The van der Waals surface area contributed by atoms with Gasteiger partial charge in [-0.3, -0.25) is 0 Å². The molecule has 0 bridgehead atoms. The summed E-state index contributed by atoms with van der Waals surface area (Å²) in [5, 5.41) is 11.2. The topological polar surface area (TPSA) is 62.9 Å². The molecule has 0 aliphatic heterocycles. The number of hydrogen-bond acceptors (Lipinski definition) is 5. The van der Waals surface area contributed by atoms with Crippen molar-refractivity contribution >= 4 is 11.0 Å². The maximum atomic E-state index is 12.2. The molecule has 2 aromatic rings. The zero-order chi connectivity index (χ0) is 17.8. The minimum atomic E-state index is -0.554. The van der Waals surface area contributed by atoms with Gasteiger partial charge in [0.15, 0.2) is 0 Å². The van der Waals surface area contributed by atoms with E-state index in [9.17, 15) is 9.90 Å². The van der Waals surface area contributed by atoms with Gasteiger partial charge < -0.3 is 19.2 Å². The van der Waals surface area contributed by atoms with Crippen molar-refractivity contribution in [2.75, 3.05) is 26.2 Å². The summed E-state index contributed by atoms with van der Waals surface area (Å²) >= 11 is 0. The van der Waals surface area contributed by atoms with E-state index in [1.807, 2.05) is 18.2 Å². The molecule has 5 heteroatoms. The molecular formula is C20H27NO4. The molecular weight excluding hydrogens is 318 g/mol. The van der Waals surface area contributed by atoms with E-state index in [0.717, 1.165) is 55.3 Å². The number of aliphatic hydroxyl groups excluding tert-OH is 1. The second kappa shape index (κ2) is 8.02. The number of likely N-dealkylation sites (N-methyl/N-ethyl adjacent to an activating group) is 1. The molecule has 1 aromatic heterocycles. The van der Waals surface area contributed by atoms with Crippen LogP contribution in [0.3, 0.4) is 0 Å². The van der Waals surface area contributed by atoms with Gasteiger partial charge in [-0.2, -0.15) is 0 Å². The van der Waals surface area contributed by atoms with Gasteiger partial charge >= 0.3 is 5.63 Å². The smallest absolute Gasteiger partial charge is 0.339 e. The van der Waals surface area contributed by atoms with Crippen LogP contribution < -0.4 is 10.4 Å². The quantitative estimate of drug-likeness (QED) is 0.782. The first-order valence-electron chi connectivity index (χ1n) is 9.24. The van der Waals surface area contributed by atoms with Gasteiger partial charge in [-0.1, -0.05) is 19.9 Å². The average molecular weight is 345 g/mol. The molecule has 3 rings (SSSR count). The molecule has 0 fully saturated rings. The Kier molecular flexibility index (Phi) is 5.76. The highest BCUT2D eigenvalue weighted by Crippen LogP contribution is 2.33. The van der Waals surface area contributed by atoms with Crippen molar-refractivity contribution in [1.29, 1.82) is 0 Å². The number of nitrogens with zero attached hydrogens (tertiary/aromatic N) is 1. The van der Waals surface area contributed by atoms with Gasteiger partial charge in [0.25, 0.3) is 0 Å². The summed E-state index contributed by atoms with van der Waals surface area (Å²) < 4.78 is 11.4. The highest BCUT2D eigenvalue weighted by atomic mass is 16.5. The molecule has 0 radical (unpaired) electrons. The molecule has 136 valence electrons. The van der Waals surface area contributed by atoms with Gasteiger partial charge in [0, 0.05) is 12.1 Å². The van der Waals surface area contributed by atoms with Gasteiger partial charge in [-0.25, -0.2) is 4.79 Å². The number of benzene rings is 1. The van der Waals surface area contributed by atoms with Crippen LogP contribution >= 0.6 is 0 Å². The third-order valence-corrected chi connectivity index (χ3v) is 5.00. The second-order valence-corrected chi connectivity index (χ2v) is 6.63. The largest absolute Gasteiger partial charge is 0.490 e. The summed E-state index contributed by atoms with van der Waals surface area (Å²) in [5.41, 5.74) is 2.20. The predicted molar refractivity (Wildman–Crippen MR) is 98.4 cm³/mol. The molecule has 1 aliphatic carbocycles. The lowest BCUT2D eigenvalue weighted by molar-refractivity contribution is 0.0721. The van der Waals surface area contributed by atoms with Crippen LogP contribution in [0.2, 0.25) is 0 Å². The van der Waals surface area contributed by atoms with Crippen molar-refractivity contribution in [3.63, 3.8) is 0 Å². The zero-order valence-electron chi connectivity index (χ0n) is 15.1. The second-order valence-electron chi connectivity index (χ2n) is 6.63. The Balaban J connectivity index is 1.86. The van der Waals surface area contributed by atoms with E-state index in [0.29, 0.717) is 17.9 Å². The number of hydrogen-bond donors (Lipinski definition) is 1. The molecule has 1 aliphatic rings. The van der Waals surface area contributed by atoms with Crippen molar-refractivity contribution in [2.24, 2.45) is 0 Å². The van der Waals surface area contributed by atoms with Crippen LogP contribution in [-0.4, -0.2) is 42.4 Å². The van der Waals surface area contributed by atoms with Crippen LogP contribution in [-0.2, 0) is 12.8 Å². The average Bonchev–Trinajstić information content (AvgIpc) is 2.64. The van der Waals surface area contributed by atoms with Crippen molar-refractivity contribution in [3.8, 4) is 5.75 Å². The van der Waals surface area contributed by atoms with Crippen molar-refractivity contribution in [3.05, 3.63) is 39.7 Å². The molecule has 1 atom stereocenters. The lowest BCUT2D eigenvalue weighted by Gasteiger charge is -2.23. The molecule has 1 N–H and O–H groups in total. The monoisotopic (exact) mass is 345 g/mol. The first-order valence-corrected chi connectivity index (χ1v) is 9.24. The van der Waals surface area contributed by atoms with Crippen molar-refractivity contribution in [1.82, 2.24) is 4.90 Å². The van der Waals surface area contributed by atoms with Gasteiger partial charge in [-0.15, -0.1) is 0 Å². The number of fused-ring (bicyclic) bond motifs is 3. The third kappa shape index (κ3) is 3.88. The Morgan fingerprint density at radius 2 is 1.92 bits per heavy atom. The fourth-order valence-corrected chi connectivity index (χ4v) is 3.60. The maximum absolute atomic E-state index is 12.2. The SMILES string of the molecule is CCN(CC)CC(O)COc1cccc2oc(=O)c3c(c12)CCCC3. The van der Waals surface area contributed by atoms with Crippen LogP contribution in [0, 0.1) is 0 Å². The Morgan fingerprint density at radius 3 is 2.64 bits per heavy atom. The van der Waals surface area contributed by atoms with Gasteiger partial charge in [0.05, 0.1) is 5.39 Å². The first-order chi connectivity index (χ1) is 12.1. The minimum Gasteiger partial charge on any atom is -0.490 e. The highest BCUT2D eigenvalue weighted by molar-refractivity contribution is 5.87. The van der Waals surface area contributed by atoms with E-state index in [4.69, 9.17) is 9.15 Å². The Hall–Kier alpha value is -1.85. The minimum absolute atomic E-state index is 0.221. The van der Waals surface area contributed by atoms with E-state index in [1.54, 1.807) is 0 Å². The molecule has 0 saturated carbocycles. The van der Waals surface area contributed by atoms with Crippen LogP contribution in [0.25, 0.3) is 11.0 Å². The number of aryl methyl sites for hydroxylation is 1. The van der Waals surface area contributed by atoms with Crippen LogP contribution in [0.15, 0.2) is 27.4 Å². The summed E-state index contributed by atoms with van der Waals surface area (Å²) in [6.45, 7) is 6.78. The predicted octanol–water partition coefficient (Wildman–Crippen LogP) is 2.75. The molecule has 0 amide bonds. The molecule has 0 saturated heterocycles. The molecule has 1 heterocycles. The van der Waals surface area contributed by atoms with E-state index < -0.39 is 6.10 Å². The van der Waals surface area contributed by atoms with E-state index >= 15 is 0 Å². The van der Waals surface area contributed by atoms with Crippen LogP contribution in [0.4, 0.5) is 0 Å². The summed E-state index contributed by atoms with van der Waals surface area (Å²) in [5.74, 6) is 0.693. The Morgan fingerprint density at radius 1 is 1.20 bits per heavy atom. The fourth-order valence-electron chi connectivity index (χ4n) is 3.60. The van der Waals surface area contributed by atoms with Crippen LogP contribution in [0.1, 0.15) is 37.8 Å². The Bertz CT molecular complexity index is 779. The summed E-state index contributed by atoms with van der Waals surface area (Å²) in [6, 6.07) is 5.53. The fraction of sp³-hybridized carbons (Fsp3) is 0.550. The summed E-state index contributed by atoms with van der Waals surface area (Å²) in [7, 11) is 0. The van der Waals surface area contributed by atoms with Gasteiger partial charge in [0.1, 0.15) is 24.0 Å². The number of ether oxygens (including phenoxy) is 1. The van der Waals surface area contributed by atoms with E-state index in [1.165, 1.54) is 0 Å². The molecule has 1 aromatic carbocycles. The normalized spacial score (nSPS) is 15.4. The van der Waals surface area contributed by atoms with E-state index in [-0.39, 0.29) is 12.2 Å². The van der Waals surface area contributed by atoms with Crippen molar-refractivity contribution < 1.29 is 14.3 Å². The summed E-state index contributed by atoms with van der Waals surface area (Å²) in [4.78, 5) is 14.4. The molecule has 1 unspecified atom stereocenters. The van der Waals surface area contributed by atoms with Crippen molar-refractivity contribution in [2.45, 2.75) is 45.6 Å². The highest BCUT2D eigenvalue weighted by Gasteiger charge is 2.21. The molecule has 5 nitrogen and oxygen atoms in total. The lowest BCUT2D eigenvalue weighted by atomic mass is 9.90. The number of aliphatic hydroxyl groups is 1. The number of rotatable bonds is 7. The van der Waals surface area contributed by atoms with E-state index in [2.05, 4.69) is 18.7 Å². The lowest BCUT2D eigenvalue weighted by Crippen LogP contribution is -2.35. The van der Waals surface area contributed by atoms with Gasteiger partial charge in [-0.05, 0) is 56.5 Å². The third-order valence-electron chi connectivity index (χ3n) is 5.00. The summed E-state index contributed by atoms with van der Waals surface area (Å²) in [6.07, 6.45) is 3.19. The molecule has 25 heavy (non-hydrogen) atoms.